The zero-order valence-corrected chi connectivity index (χ0v) is 12.1. The van der Waals surface area contributed by atoms with Crippen LogP contribution in [0.1, 0.15) is 32.3 Å². The summed E-state index contributed by atoms with van der Waals surface area (Å²) in [4.78, 5) is 0.0545. The van der Waals surface area contributed by atoms with E-state index in [1.54, 1.807) is 0 Å². The molecular weight excluding hydrogens is 267 g/mol. The van der Waals surface area contributed by atoms with Crippen LogP contribution in [-0.2, 0) is 16.6 Å². The van der Waals surface area contributed by atoms with Gasteiger partial charge in [0.05, 0.1) is 4.90 Å². The van der Waals surface area contributed by atoms with Gasteiger partial charge in [0.15, 0.2) is 0 Å². The van der Waals surface area contributed by atoms with Crippen molar-refractivity contribution in [2.24, 2.45) is 11.7 Å². The second kappa shape index (κ2) is 6.98. The molecule has 4 nitrogen and oxygen atoms in total. The van der Waals surface area contributed by atoms with Gasteiger partial charge in [-0.1, -0.05) is 13.8 Å². The first kappa shape index (κ1) is 16.1. The molecule has 0 saturated heterocycles. The SMILES string of the molecule is CC(C)CCCNS(=O)(=O)c1ccc(F)c(CN)c1. The lowest BCUT2D eigenvalue weighted by Crippen LogP contribution is -2.25. The summed E-state index contributed by atoms with van der Waals surface area (Å²) < 4.78 is 39.7. The van der Waals surface area contributed by atoms with Gasteiger partial charge >= 0.3 is 0 Å². The first-order valence-corrected chi connectivity index (χ1v) is 7.83. The van der Waals surface area contributed by atoms with Crippen LogP contribution in [0.5, 0.6) is 0 Å². The Morgan fingerprint density at radius 3 is 2.63 bits per heavy atom. The minimum absolute atomic E-state index is 0.0253. The zero-order chi connectivity index (χ0) is 14.5. The van der Waals surface area contributed by atoms with Gasteiger partial charge in [-0.2, -0.15) is 0 Å². The fourth-order valence-electron chi connectivity index (χ4n) is 1.67. The van der Waals surface area contributed by atoms with Crippen LogP contribution in [0, 0.1) is 11.7 Å². The Bertz CT molecular complexity index is 515. The van der Waals surface area contributed by atoms with Gasteiger partial charge in [0.2, 0.25) is 10.0 Å². The number of halogens is 1. The zero-order valence-electron chi connectivity index (χ0n) is 11.3. The molecule has 0 saturated carbocycles. The third kappa shape index (κ3) is 4.89. The first-order valence-electron chi connectivity index (χ1n) is 6.35. The van der Waals surface area contributed by atoms with Crippen LogP contribution in [0.4, 0.5) is 4.39 Å². The van der Waals surface area contributed by atoms with E-state index in [0.717, 1.165) is 18.9 Å². The molecule has 0 unspecified atom stereocenters. The van der Waals surface area contributed by atoms with E-state index < -0.39 is 15.8 Å². The van der Waals surface area contributed by atoms with Crippen LogP contribution in [0.2, 0.25) is 0 Å². The number of rotatable bonds is 7. The summed E-state index contributed by atoms with van der Waals surface area (Å²) in [6.45, 7) is 4.53. The predicted molar refractivity (Wildman–Crippen MR) is 73.6 cm³/mol. The van der Waals surface area contributed by atoms with E-state index in [-0.39, 0.29) is 17.0 Å². The minimum Gasteiger partial charge on any atom is -0.326 e. The third-order valence-electron chi connectivity index (χ3n) is 2.80. The summed E-state index contributed by atoms with van der Waals surface area (Å²) in [6.07, 6.45) is 1.74. The average Bonchev–Trinajstić information content (AvgIpc) is 2.35. The van der Waals surface area contributed by atoms with Crippen molar-refractivity contribution in [2.75, 3.05) is 6.54 Å². The number of nitrogens with two attached hydrogens (primary N) is 1. The molecule has 0 atom stereocenters. The summed E-state index contributed by atoms with van der Waals surface area (Å²) in [5.74, 6) is 0.0559. The van der Waals surface area contributed by atoms with E-state index in [1.165, 1.54) is 12.1 Å². The maximum Gasteiger partial charge on any atom is 0.240 e. The van der Waals surface area contributed by atoms with Gasteiger partial charge in [-0.15, -0.1) is 0 Å². The van der Waals surface area contributed by atoms with E-state index >= 15 is 0 Å². The van der Waals surface area contributed by atoms with E-state index in [1.807, 2.05) is 0 Å². The van der Waals surface area contributed by atoms with Crippen LogP contribution in [-0.4, -0.2) is 15.0 Å². The van der Waals surface area contributed by atoms with Crippen molar-refractivity contribution in [1.82, 2.24) is 4.72 Å². The first-order chi connectivity index (χ1) is 8.86. The van der Waals surface area contributed by atoms with Crippen LogP contribution in [0.3, 0.4) is 0 Å². The van der Waals surface area contributed by atoms with Crippen molar-refractivity contribution in [1.29, 1.82) is 0 Å². The molecule has 0 aliphatic rings. The highest BCUT2D eigenvalue weighted by Crippen LogP contribution is 2.14. The highest BCUT2D eigenvalue weighted by Gasteiger charge is 2.15. The lowest BCUT2D eigenvalue weighted by Gasteiger charge is -2.09. The van der Waals surface area contributed by atoms with Crippen molar-refractivity contribution < 1.29 is 12.8 Å². The fourth-order valence-corrected chi connectivity index (χ4v) is 2.80. The molecule has 0 aliphatic heterocycles. The Morgan fingerprint density at radius 1 is 1.37 bits per heavy atom. The molecule has 0 aliphatic carbocycles. The molecule has 1 rings (SSSR count). The summed E-state index contributed by atoms with van der Waals surface area (Å²) in [5.41, 5.74) is 5.56. The number of hydrogen-bond donors (Lipinski definition) is 2. The van der Waals surface area contributed by atoms with Gasteiger partial charge < -0.3 is 5.73 Å². The number of sulfonamides is 1. The lowest BCUT2D eigenvalue weighted by molar-refractivity contribution is 0.539. The second-order valence-corrected chi connectivity index (χ2v) is 6.66. The van der Waals surface area contributed by atoms with E-state index in [4.69, 9.17) is 5.73 Å². The van der Waals surface area contributed by atoms with E-state index in [9.17, 15) is 12.8 Å². The molecule has 0 fully saturated rings. The predicted octanol–water partition coefficient (Wildman–Crippen LogP) is 2.00. The molecule has 0 amide bonds. The van der Waals surface area contributed by atoms with Gasteiger partial charge in [0.25, 0.3) is 0 Å². The molecule has 3 N–H and O–H groups in total. The third-order valence-corrected chi connectivity index (χ3v) is 4.26. The van der Waals surface area contributed by atoms with Gasteiger partial charge in [-0.05, 0) is 37.0 Å². The minimum atomic E-state index is -3.58. The largest absolute Gasteiger partial charge is 0.326 e. The van der Waals surface area contributed by atoms with Crippen molar-refractivity contribution in [3.05, 3.63) is 29.6 Å². The van der Waals surface area contributed by atoms with Crippen LogP contribution in [0.25, 0.3) is 0 Å². The fraction of sp³-hybridized carbons (Fsp3) is 0.538. The Labute approximate surface area is 114 Å². The lowest BCUT2D eigenvalue weighted by atomic mass is 10.1. The van der Waals surface area contributed by atoms with Crippen LogP contribution >= 0.6 is 0 Å². The Morgan fingerprint density at radius 2 is 2.05 bits per heavy atom. The molecular formula is C13H21FN2O2S. The Balaban J connectivity index is 2.72. The summed E-state index contributed by atoms with van der Waals surface area (Å²) in [5, 5.41) is 0. The number of hydrogen-bond acceptors (Lipinski definition) is 3. The molecule has 0 bridgehead atoms. The Kier molecular flexibility index (Phi) is 5.90. The summed E-state index contributed by atoms with van der Waals surface area (Å²) in [7, 11) is -3.58. The van der Waals surface area contributed by atoms with Gasteiger partial charge in [0.1, 0.15) is 5.82 Å². The highest BCUT2D eigenvalue weighted by molar-refractivity contribution is 7.89. The normalized spacial score (nSPS) is 12.1. The topological polar surface area (TPSA) is 72.2 Å². The van der Waals surface area contributed by atoms with Crippen molar-refractivity contribution in [2.45, 2.75) is 38.1 Å². The smallest absolute Gasteiger partial charge is 0.240 e. The molecule has 1 aromatic carbocycles. The molecule has 19 heavy (non-hydrogen) atoms. The maximum absolute atomic E-state index is 13.3. The molecule has 0 aromatic heterocycles. The van der Waals surface area contributed by atoms with Crippen molar-refractivity contribution >= 4 is 10.0 Å². The van der Waals surface area contributed by atoms with E-state index in [0.29, 0.717) is 12.5 Å². The molecule has 6 heteroatoms. The monoisotopic (exact) mass is 288 g/mol. The van der Waals surface area contributed by atoms with Gasteiger partial charge in [-0.25, -0.2) is 17.5 Å². The molecule has 0 radical (unpaired) electrons. The summed E-state index contributed by atoms with van der Waals surface area (Å²) >= 11 is 0. The van der Waals surface area contributed by atoms with Crippen molar-refractivity contribution in [3.8, 4) is 0 Å². The quantitative estimate of drug-likeness (QED) is 0.754. The average molecular weight is 288 g/mol. The molecule has 0 spiro atoms. The number of benzene rings is 1. The van der Waals surface area contributed by atoms with Crippen LogP contribution < -0.4 is 10.5 Å². The van der Waals surface area contributed by atoms with Gasteiger partial charge in [-0.3, -0.25) is 0 Å². The molecule has 108 valence electrons. The highest BCUT2D eigenvalue weighted by atomic mass is 32.2. The standard InChI is InChI=1S/C13H21FN2O2S/c1-10(2)4-3-7-16-19(17,18)12-5-6-13(14)11(8-12)9-15/h5-6,8,10,16H,3-4,7,9,15H2,1-2H3. The molecule has 1 aromatic rings. The second-order valence-electron chi connectivity index (χ2n) is 4.89. The summed E-state index contributed by atoms with van der Waals surface area (Å²) in [6, 6.07) is 3.66. The number of nitrogens with one attached hydrogen (secondary N) is 1. The van der Waals surface area contributed by atoms with Crippen LogP contribution in [0.15, 0.2) is 23.1 Å². The van der Waals surface area contributed by atoms with E-state index in [2.05, 4.69) is 18.6 Å². The maximum atomic E-state index is 13.3. The van der Waals surface area contributed by atoms with Gasteiger partial charge in [0, 0.05) is 18.7 Å². The van der Waals surface area contributed by atoms with Crippen molar-refractivity contribution in [3.63, 3.8) is 0 Å². The molecule has 0 heterocycles. The Hall–Kier alpha value is -0.980.